The zero-order valence-electron chi connectivity index (χ0n) is 9.66. The highest BCUT2D eigenvalue weighted by Crippen LogP contribution is 2.24. The molecule has 0 radical (unpaired) electrons. The maximum absolute atomic E-state index is 12.4. The molecule has 0 aliphatic rings. The second-order valence-corrected chi connectivity index (χ2v) is 5.27. The van der Waals surface area contributed by atoms with E-state index in [0.29, 0.717) is 16.5 Å². The molecule has 3 rings (SSSR count). The number of para-hydroxylation sites is 1. The minimum Gasteiger partial charge on any atom is -0.495 e. The predicted molar refractivity (Wildman–Crippen MR) is 81.3 cm³/mol. The summed E-state index contributed by atoms with van der Waals surface area (Å²) in [5, 5.41) is 1.36. The lowest BCUT2D eigenvalue weighted by Crippen LogP contribution is -2.05. The lowest BCUT2D eigenvalue weighted by Gasteiger charge is -2.07. The predicted octanol–water partition coefficient (Wildman–Crippen LogP) is 3.29. The van der Waals surface area contributed by atoms with Crippen LogP contribution in [0.4, 0.5) is 0 Å². The van der Waals surface area contributed by atoms with E-state index < -0.39 is 0 Å². The van der Waals surface area contributed by atoms with Gasteiger partial charge >= 0.3 is 0 Å². The standard InChI is InChI=1S/C14H10INO2/c1-18-12-4-2-3-10-13(12)16-11-7-8(15)5-6-9(11)14(10)17/h2-7H,1H3,(H,16,17). The Balaban J connectivity index is 2.56. The Morgan fingerprint density at radius 3 is 2.78 bits per heavy atom. The van der Waals surface area contributed by atoms with E-state index in [4.69, 9.17) is 4.74 Å². The molecule has 1 N–H and O–H groups in total. The highest BCUT2D eigenvalue weighted by molar-refractivity contribution is 14.1. The number of nitrogens with one attached hydrogen (secondary N) is 1. The molecule has 1 aromatic heterocycles. The molecule has 18 heavy (non-hydrogen) atoms. The van der Waals surface area contributed by atoms with Gasteiger partial charge < -0.3 is 9.72 Å². The summed E-state index contributed by atoms with van der Waals surface area (Å²) < 4.78 is 6.38. The van der Waals surface area contributed by atoms with Crippen LogP contribution in [0.1, 0.15) is 0 Å². The van der Waals surface area contributed by atoms with Crippen LogP contribution in [0.2, 0.25) is 0 Å². The van der Waals surface area contributed by atoms with Crippen molar-refractivity contribution in [2.75, 3.05) is 7.11 Å². The summed E-state index contributed by atoms with van der Waals surface area (Å²) in [7, 11) is 1.60. The molecule has 0 bridgehead atoms. The number of aromatic amines is 1. The Hall–Kier alpha value is -1.56. The molecule has 3 nitrogen and oxygen atoms in total. The average Bonchev–Trinajstić information content (AvgIpc) is 2.38. The fraction of sp³-hybridized carbons (Fsp3) is 0.0714. The van der Waals surface area contributed by atoms with Crippen molar-refractivity contribution in [3.8, 4) is 5.75 Å². The van der Waals surface area contributed by atoms with E-state index in [1.165, 1.54) is 0 Å². The van der Waals surface area contributed by atoms with E-state index in [2.05, 4.69) is 27.6 Å². The minimum absolute atomic E-state index is 0.0362. The Morgan fingerprint density at radius 2 is 2.00 bits per heavy atom. The third-order valence-electron chi connectivity index (χ3n) is 2.98. The van der Waals surface area contributed by atoms with Gasteiger partial charge in [0.1, 0.15) is 5.75 Å². The minimum atomic E-state index is 0.0362. The van der Waals surface area contributed by atoms with Crippen molar-refractivity contribution in [2.24, 2.45) is 0 Å². The van der Waals surface area contributed by atoms with Gasteiger partial charge in [-0.05, 0) is 52.9 Å². The van der Waals surface area contributed by atoms with Crippen molar-refractivity contribution in [3.05, 3.63) is 50.2 Å². The molecular weight excluding hydrogens is 341 g/mol. The van der Waals surface area contributed by atoms with Crippen LogP contribution >= 0.6 is 22.6 Å². The lowest BCUT2D eigenvalue weighted by molar-refractivity contribution is 0.419. The molecule has 0 aliphatic carbocycles. The molecule has 0 aliphatic heterocycles. The molecule has 0 atom stereocenters. The largest absolute Gasteiger partial charge is 0.495 e. The Labute approximate surface area is 117 Å². The van der Waals surface area contributed by atoms with E-state index in [1.54, 1.807) is 7.11 Å². The van der Waals surface area contributed by atoms with Gasteiger partial charge in [-0.1, -0.05) is 6.07 Å². The van der Waals surface area contributed by atoms with Crippen molar-refractivity contribution in [3.63, 3.8) is 0 Å². The van der Waals surface area contributed by atoms with Gasteiger partial charge in [-0.3, -0.25) is 4.79 Å². The van der Waals surface area contributed by atoms with Crippen molar-refractivity contribution in [2.45, 2.75) is 0 Å². The van der Waals surface area contributed by atoms with Crippen molar-refractivity contribution < 1.29 is 4.74 Å². The van der Waals surface area contributed by atoms with E-state index >= 15 is 0 Å². The molecular formula is C14H10INO2. The molecule has 4 heteroatoms. The van der Waals surface area contributed by atoms with Crippen molar-refractivity contribution in [1.82, 2.24) is 4.98 Å². The number of ether oxygens (including phenoxy) is 1. The number of hydrogen-bond acceptors (Lipinski definition) is 2. The zero-order valence-corrected chi connectivity index (χ0v) is 11.8. The molecule has 0 fully saturated rings. The van der Waals surface area contributed by atoms with Crippen LogP contribution in [-0.4, -0.2) is 12.1 Å². The summed E-state index contributed by atoms with van der Waals surface area (Å²) in [5.74, 6) is 0.686. The van der Waals surface area contributed by atoms with Gasteiger partial charge in [0.25, 0.3) is 0 Å². The van der Waals surface area contributed by atoms with Crippen molar-refractivity contribution in [1.29, 1.82) is 0 Å². The van der Waals surface area contributed by atoms with Gasteiger partial charge in [0, 0.05) is 14.3 Å². The molecule has 0 saturated heterocycles. The first-order valence-corrected chi connectivity index (χ1v) is 6.57. The second kappa shape index (κ2) is 4.28. The van der Waals surface area contributed by atoms with Crippen LogP contribution in [0.25, 0.3) is 21.8 Å². The van der Waals surface area contributed by atoms with E-state index in [-0.39, 0.29) is 5.43 Å². The van der Waals surface area contributed by atoms with Crippen LogP contribution < -0.4 is 10.2 Å². The summed E-state index contributed by atoms with van der Waals surface area (Å²) >= 11 is 2.23. The third kappa shape index (κ3) is 1.68. The van der Waals surface area contributed by atoms with Crippen LogP contribution in [0, 0.1) is 3.57 Å². The summed E-state index contributed by atoms with van der Waals surface area (Å²) in [5.41, 5.74) is 1.62. The molecule has 3 aromatic rings. The number of methoxy groups -OCH3 is 1. The number of fused-ring (bicyclic) bond motifs is 2. The maximum Gasteiger partial charge on any atom is 0.197 e. The van der Waals surface area contributed by atoms with Gasteiger partial charge in [0.05, 0.1) is 18.1 Å². The monoisotopic (exact) mass is 351 g/mol. The number of benzene rings is 2. The average molecular weight is 351 g/mol. The topological polar surface area (TPSA) is 42.1 Å². The van der Waals surface area contributed by atoms with Gasteiger partial charge in [-0.2, -0.15) is 0 Å². The van der Waals surface area contributed by atoms with Gasteiger partial charge in [0.15, 0.2) is 5.43 Å². The number of halogens is 1. The highest BCUT2D eigenvalue weighted by Gasteiger charge is 2.08. The molecule has 90 valence electrons. The number of hydrogen-bond donors (Lipinski definition) is 1. The third-order valence-corrected chi connectivity index (χ3v) is 3.65. The number of rotatable bonds is 1. The molecule has 0 spiro atoms. The first kappa shape index (κ1) is 11.5. The smallest absolute Gasteiger partial charge is 0.197 e. The lowest BCUT2D eigenvalue weighted by atomic mass is 10.1. The molecule has 0 unspecified atom stereocenters. The van der Waals surface area contributed by atoms with Crippen molar-refractivity contribution >= 4 is 44.4 Å². The van der Waals surface area contributed by atoms with Gasteiger partial charge in [0.2, 0.25) is 0 Å². The van der Waals surface area contributed by atoms with Crippen LogP contribution in [0.3, 0.4) is 0 Å². The van der Waals surface area contributed by atoms with Gasteiger partial charge in [-0.15, -0.1) is 0 Å². The van der Waals surface area contributed by atoms with E-state index in [9.17, 15) is 4.79 Å². The summed E-state index contributed by atoms with van der Waals surface area (Å²) in [6, 6.07) is 11.2. The summed E-state index contributed by atoms with van der Waals surface area (Å²) in [6.07, 6.45) is 0. The Morgan fingerprint density at radius 1 is 1.17 bits per heavy atom. The first-order valence-electron chi connectivity index (χ1n) is 5.49. The molecule has 0 amide bonds. The Bertz CT molecular complexity index is 808. The molecule has 0 saturated carbocycles. The van der Waals surface area contributed by atoms with Crippen LogP contribution in [0.5, 0.6) is 5.75 Å². The number of aromatic nitrogens is 1. The van der Waals surface area contributed by atoms with Crippen LogP contribution in [0.15, 0.2) is 41.2 Å². The molecule has 1 heterocycles. The normalized spacial score (nSPS) is 11.0. The fourth-order valence-electron chi connectivity index (χ4n) is 2.12. The number of H-pyrrole nitrogens is 1. The van der Waals surface area contributed by atoms with E-state index in [1.807, 2.05) is 36.4 Å². The second-order valence-electron chi connectivity index (χ2n) is 4.03. The molecule has 2 aromatic carbocycles. The Kier molecular flexibility index (Phi) is 2.74. The van der Waals surface area contributed by atoms with Gasteiger partial charge in [-0.25, -0.2) is 0 Å². The first-order chi connectivity index (χ1) is 8.70. The summed E-state index contributed by atoms with van der Waals surface area (Å²) in [4.78, 5) is 15.7. The van der Waals surface area contributed by atoms with Crippen LogP contribution in [-0.2, 0) is 0 Å². The fourth-order valence-corrected chi connectivity index (χ4v) is 2.61. The zero-order chi connectivity index (χ0) is 12.7. The highest BCUT2D eigenvalue weighted by atomic mass is 127. The maximum atomic E-state index is 12.4. The van der Waals surface area contributed by atoms with E-state index in [0.717, 1.165) is 14.6 Å². The summed E-state index contributed by atoms with van der Waals surface area (Å²) in [6.45, 7) is 0. The SMILES string of the molecule is COc1cccc2c(=O)c3ccc(I)cc3[nH]c12. The quantitative estimate of drug-likeness (QED) is 0.540. The number of pyridine rings is 1.